The van der Waals surface area contributed by atoms with Crippen LogP contribution in [0.5, 0.6) is 0 Å². The van der Waals surface area contributed by atoms with Crippen molar-refractivity contribution in [1.82, 2.24) is 0 Å². The number of hydrogen-bond acceptors (Lipinski definition) is 3. The van der Waals surface area contributed by atoms with Gasteiger partial charge in [0.2, 0.25) is 0 Å². The molecule has 0 heterocycles. The fourth-order valence-corrected chi connectivity index (χ4v) is 2.03. The summed E-state index contributed by atoms with van der Waals surface area (Å²) in [4.78, 5) is 11.5. The standard InChI is InChI=1S/C17H27NO2/c1-17(2,3)20-16(19)9-7-5-4-6-8-14-10-12-15(18)13-11-14/h10-13H,4-9,18H2,1-3H3. The molecule has 0 unspecified atom stereocenters. The number of ether oxygens (including phenoxy) is 1. The number of hydrogen-bond donors (Lipinski definition) is 1. The highest BCUT2D eigenvalue weighted by Gasteiger charge is 2.15. The van der Waals surface area contributed by atoms with Crippen molar-refractivity contribution in [2.45, 2.75) is 64.9 Å². The average molecular weight is 277 g/mol. The molecule has 3 nitrogen and oxygen atoms in total. The van der Waals surface area contributed by atoms with Crippen LogP contribution in [0.25, 0.3) is 0 Å². The summed E-state index contributed by atoms with van der Waals surface area (Å²) < 4.78 is 5.27. The van der Waals surface area contributed by atoms with Crippen LogP contribution in [0.2, 0.25) is 0 Å². The van der Waals surface area contributed by atoms with Crippen molar-refractivity contribution in [2.24, 2.45) is 0 Å². The van der Waals surface area contributed by atoms with Gasteiger partial charge in [0.1, 0.15) is 5.60 Å². The Morgan fingerprint density at radius 1 is 1.05 bits per heavy atom. The molecule has 2 N–H and O–H groups in total. The van der Waals surface area contributed by atoms with Crippen molar-refractivity contribution < 1.29 is 9.53 Å². The molecule has 0 atom stereocenters. The summed E-state index contributed by atoms with van der Waals surface area (Å²) in [7, 11) is 0. The van der Waals surface area contributed by atoms with Crippen LogP contribution in [0.1, 0.15) is 58.4 Å². The minimum absolute atomic E-state index is 0.0870. The van der Waals surface area contributed by atoms with E-state index < -0.39 is 0 Å². The van der Waals surface area contributed by atoms with Gasteiger partial charge in [-0.1, -0.05) is 25.0 Å². The van der Waals surface area contributed by atoms with Crippen molar-refractivity contribution in [3.05, 3.63) is 29.8 Å². The highest BCUT2D eigenvalue weighted by atomic mass is 16.6. The number of unbranched alkanes of at least 4 members (excludes halogenated alkanes) is 3. The van der Waals surface area contributed by atoms with Gasteiger partial charge < -0.3 is 10.5 Å². The van der Waals surface area contributed by atoms with Crippen molar-refractivity contribution in [2.75, 3.05) is 5.73 Å². The summed E-state index contributed by atoms with van der Waals surface area (Å²) in [6.45, 7) is 5.70. The second-order valence-corrected chi connectivity index (χ2v) is 6.24. The first kappa shape index (κ1) is 16.5. The van der Waals surface area contributed by atoms with Gasteiger partial charge in [-0.3, -0.25) is 4.79 Å². The van der Waals surface area contributed by atoms with Gasteiger partial charge in [-0.05, 0) is 57.7 Å². The Morgan fingerprint density at radius 3 is 2.25 bits per heavy atom. The second kappa shape index (κ2) is 7.93. The van der Waals surface area contributed by atoms with Gasteiger partial charge in [0.05, 0.1) is 0 Å². The molecule has 0 bridgehead atoms. The Bertz CT molecular complexity index is 404. The first-order valence-corrected chi connectivity index (χ1v) is 7.43. The van der Waals surface area contributed by atoms with E-state index in [1.165, 1.54) is 5.56 Å². The van der Waals surface area contributed by atoms with E-state index in [0.717, 1.165) is 37.8 Å². The average Bonchev–Trinajstić information content (AvgIpc) is 2.33. The topological polar surface area (TPSA) is 52.3 Å². The lowest BCUT2D eigenvalue weighted by atomic mass is 10.1. The summed E-state index contributed by atoms with van der Waals surface area (Å²) in [6.07, 6.45) is 5.89. The van der Waals surface area contributed by atoms with Gasteiger partial charge in [0, 0.05) is 12.1 Å². The lowest BCUT2D eigenvalue weighted by Crippen LogP contribution is -2.23. The number of anilines is 1. The molecule has 0 amide bonds. The summed E-state index contributed by atoms with van der Waals surface area (Å²) in [5, 5.41) is 0. The van der Waals surface area contributed by atoms with Gasteiger partial charge in [0.25, 0.3) is 0 Å². The predicted octanol–water partition coefficient (Wildman–Crippen LogP) is 4.10. The number of nitrogens with two attached hydrogens (primary N) is 1. The molecule has 1 aromatic carbocycles. The molecule has 1 aromatic rings. The zero-order valence-electron chi connectivity index (χ0n) is 12.9. The van der Waals surface area contributed by atoms with Crippen LogP contribution in [0.15, 0.2) is 24.3 Å². The first-order valence-electron chi connectivity index (χ1n) is 7.43. The van der Waals surface area contributed by atoms with Crippen LogP contribution in [-0.4, -0.2) is 11.6 Å². The molecular weight excluding hydrogens is 250 g/mol. The molecule has 0 aliphatic carbocycles. The Labute approximate surface area is 122 Å². The van der Waals surface area contributed by atoms with Crippen LogP contribution in [0.3, 0.4) is 0 Å². The third kappa shape index (κ3) is 7.82. The molecule has 0 aromatic heterocycles. The van der Waals surface area contributed by atoms with Gasteiger partial charge in [0.15, 0.2) is 0 Å². The molecule has 0 spiro atoms. The van der Waals surface area contributed by atoms with Crippen molar-refractivity contribution in [3.63, 3.8) is 0 Å². The maximum absolute atomic E-state index is 11.5. The summed E-state index contributed by atoms with van der Waals surface area (Å²) in [5.41, 5.74) is 7.42. The Balaban J connectivity index is 2.05. The van der Waals surface area contributed by atoms with Gasteiger partial charge in [-0.15, -0.1) is 0 Å². The fourth-order valence-electron chi connectivity index (χ4n) is 2.03. The molecule has 0 saturated carbocycles. The van der Waals surface area contributed by atoms with Crippen molar-refractivity contribution in [1.29, 1.82) is 0 Å². The molecule has 20 heavy (non-hydrogen) atoms. The minimum atomic E-state index is -0.369. The third-order valence-corrected chi connectivity index (χ3v) is 3.00. The van der Waals surface area contributed by atoms with Gasteiger partial charge in [-0.25, -0.2) is 0 Å². The number of carbonyl (C=O) groups is 1. The first-order chi connectivity index (χ1) is 9.37. The van der Waals surface area contributed by atoms with Crippen LogP contribution in [0, 0.1) is 0 Å². The number of carbonyl (C=O) groups excluding carboxylic acids is 1. The van der Waals surface area contributed by atoms with Crippen LogP contribution >= 0.6 is 0 Å². The largest absolute Gasteiger partial charge is 0.460 e. The van der Waals surface area contributed by atoms with E-state index >= 15 is 0 Å². The molecule has 0 fully saturated rings. The van der Waals surface area contributed by atoms with Gasteiger partial charge in [-0.2, -0.15) is 0 Å². The summed E-state index contributed by atoms with van der Waals surface area (Å²) >= 11 is 0. The molecule has 112 valence electrons. The summed E-state index contributed by atoms with van der Waals surface area (Å²) in [6, 6.07) is 8.04. The van der Waals surface area contributed by atoms with E-state index in [2.05, 4.69) is 12.1 Å². The predicted molar refractivity (Wildman–Crippen MR) is 83.5 cm³/mol. The monoisotopic (exact) mass is 277 g/mol. The van der Waals surface area contributed by atoms with E-state index in [4.69, 9.17) is 10.5 Å². The minimum Gasteiger partial charge on any atom is -0.460 e. The van der Waals surface area contributed by atoms with E-state index in [1.54, 1.807) is 0 Å². The van der Waals surface area contributed by atoms with Crippen LogP contribution in [0.4, 0.5) is 5.69 Å². The Hall–Kier alpha value is -1.51. The zero-order valence-corrected chi connectivity index (χ0v) is 12.9. The molecule has 0 aliphatic heterocycles. The van der Waals surface area contributed by atoms with Crippen molar-refractivity contribution in [3.8, 4) is 0 Å². The third-order valence-electron chi connectivity index (χ3n) is 3.00. The Morgan fingerprint density at radius 2 is 1.65 bits per heavy atom. The van der Waals surface area contributed by atoms with E-state index in [0.29, 0.717) is 6.42 Å². The van der Waals surface area contributed by atoms with E-state index in [9.17, 15) is 4.79 Å². The molecule has 1 rings (SSSR count). The highest BCUT2D eigenvalue weighted by molar-refractivity contribution is 5.69. The van der Waals surface area contributed by atoms with Crippen LogP contribution in [-0.2, 0) is 16.0 Å². The van der Waals surface area contributed by atoms with E-state index in [-0.39, 0.29) is 11.6 Å². The van der Waals surface area contributed by atoms with Crippen molar-refractivity contribution >= 4 is 11.7 Å². The molecular formula is C17H27NO2. The number of esters is 1. The zero-order chi connectivity index (χ0) is 15.0. The number of benzene rings is 1. The highest BCUT2D eigenvalue weighted by Crippen LogP contribution is 2.13. The lowest BCUT2D eigenvalue weighted by molar-refractivity contribution is -0.154. The second-order valence-electron chi connectivity index (χ2n) is 6.24. The lowest BCUT2D eigenvalue weighted by Gasteiger charge is -2.19. The van der Waals surface area contributed by atoms with Gasteiger partial charge >= 0.3 is 5.97 Å². The molecule has 0 aliphatic rings. The molecule has 0 radical (unpaired) electrons. The maximum Gasteiger partial charge on any atom is 0.306 e. The maximum atomic E-state index is 11.5. The quantitative estimate of drug-likeness (QED) is 0.463. The number of aryl methyl sites for hydroxylation is 1. The molecule has 0 saturated heterocycles. The number of rotatable bonds is 7. The normalized spacial score (nSPS) is 11.3. The smallest absolute Gasteiger partial charge is 0.306 e. The van der Waals surface area contributed by atoms with Crippen LogP contribution < -0.4 is 5.73 Å². The molecule has 3 heteroatoms. The fraction of sp³-hybridized carbons (Fsp3) is 0.588. The van der Waals surface area contributed by atoms with E-state index in [1.807, 2.05) is 32.9 Å². The summed E-state index contributed by atoms with van der Waals surface area (Å²) in [5.74, 6) is -0.0870. The Kier molecular flexibility index (Phi) is 6.56. The SMILES string of the molecule is CC(C)(C)OC(=O)CCCCCCc1ccc(N)cc1. The number of nitrogen functional groups attached to an aromatic ring is 1.